The number of nitrogens with zero attached hydrogens (tertiary/aromatic N) is 1. The lowest BCUT2D eigenvalue weighted by Crippen LogP contribution is -2.49. The minimum absolute atomic E-state index is 0.0615. The summed E-state index contributed by atoms with van der Waals surface area (Å²) in [6, 6.07) is 6.03. The summed E-state index contributed by atoms with van der Waals surface area (Å²) < 4.78 is 25.2. The number of hydrogen-bond donors (Lipinski definition) is 2. The van der Waals surface area contributed by atoms with Crippen molar-refractivity contribution in [3.05, 3.63) is 47.2 Å². The first-order valence-corrected chi connectivity index (χ1v) is 12.3. The van der Waals surface area contributed by atoms with Crippen molar-refractivity contribution in [2.75, 3.05) is 0 Å². The Hall–Kier alpha value is -2.28. The number of carbonyl (C=O) groups excluding carboxylic acids is 2. The molecule has 33 heavy (non-hydrogen) atoms. The minimum Gasteiger partial charge on any atom is -0.329 e. The summed E-state index contributed by atoms with van der Waals surface area (Å²) in [5.74, 6) is 0.230. The third kappa shape index (κ3) is 5.62. The first-order chi connectivity index (χ1) is 15.8. The number of carbonyl (C=O) groups is 2. The van der Waals surface area contributed by atoms with E-state index in [2.05, 4.69) is 23.3 Å². The molecule has 1 aromatic carbocycles. The Morgan fingerprint density at radius 3 is 2.73 bits per heavy atom. The Bertz CT molecular complexity index is 904. The van der Waals surface area contributed by atoms with E-state index in [1.54, 1.807) is 4.90 Å². The number of fused-ring (bicyclic) bond motifs is 1. The fourth-order valence-corrected chi connectivity index (χ4v) is 5.63. The number of allylic oxidation sites excluding steroid dienone is 1. The molecule has 0 bridgehead atoms. The van der Waals surface area contributed by atoms with Crippen LogP contribution in [0.5, 0.6) is 0 Å². The summed E-state index contributed by atoms with van der Waals surface area (Å²) >= 11 is 0. The highest BCUT2D eigenvalue weighted by atomic mass is 19.3. The maximum absolute atomic E-state index is 13.0. The highest BCUT2D eigenvalue weighted by Gasteiger charge is 2.38. The van der Waals surface area contributed by atoms with Crippen molar-refractivity contribution in [1.82, 2.24) is 15.5 Å². The van der Waals surface area contributed by atoms with Crippen LogP contribution in [0.4, 0.5) is 8.78 Å². The second-order valence-electron chi connectivity index (χ2n) is 9.96. The number of halogens is 2. The van der Waals surface area contributed by atoms with Crippen LogP contribution in [-0.2, 0) is 17.8 Å². The SMILES string of the molecule is C=C1CCC(N2Cc3cc(C[C@H]4CCCC[C@@H]4N[C@H](C)CCC(F)F)ccc3C2=O)C(=O)N1. The summed E-state index contributed by atoms with van der Waals surface area (Å²) in [4.78, 5) is 27.1. The zero-order valence-corrected chi connectivity index (χ0v) is 19.4. The Labute approximate surface area is 195 Å². The van der Waals surface area contributed by atoms with Gasteiger partial charge in [-0.2, -0.15) is 0 Å². The summed E-state index contributed by atoms with van der Waals surface area (Å²) in [7, 11) is 0. The van der Waals surface area contributed by atoms with Crippen LogP contribution in [-0.4, -0.2) is 41.3 Å². The highest BCUT2D eigenvalue weighted by Crippen LogP contribution is 2.32. The second kappa shape index (κ2) is 10.3. The van der Waals surface area contributed by atoms with E-state index in [1.165, 1.54) is 18.4 Å². The Morgan fingerprint density at radius 2 is 1.97 bits per heavy atom. The summed E-state index contributed by atoms with van der Waals surface area (Å²) in [6.45, 7) is 6.28. The van der Waals surface area contributed by atoms with Gasteiger partial charge in [0.2, 0.25) is 12.3 Å². The molecule has 2 amide bonds. The molecule has 2 fully saturated rings. The third-order valence-electron chi connectivity index (χ3n) is 7.42. The van der Waals surface area contributed by atoms with E-state index in [4.69, 9.17) is 0 Å². The van der Waals surface area contributed by atoms with Crippen LogP contribution in [0.1, 0.15) is 79.8 Å². The van der Waals surface area contributed by atoms with E-state index < -0.39 is 12.5 Å². The largest absolute Gasteiger partial charge is 0.329 e. The van der Waals surface area contributed by atoms with Gasteiger partial charge in [-0.05, 0) is 68.6 Å². The summed E-state index contributed by atoms with van der Waals surface area (Å²) in [5, 5.41) is 6.39. The fourth-order valence-electron chi connectivity index (χ4n) is 5.63. The summed E-state index contributed by atoms with van der Waals surface area (Å²) in [6.07, 6.45) is 4.93. The van der Waals surface area contributed by atoms with Gasteiger partial charge in [-0.25, -0.2) is 8.78 Å². The molecule has 0 aromatic heterocycles. The van der Waals surface area contributed by atoms with E-state index in [-0.39, 0.29) is 24.3 Å². The predicted octanol–water partition coefficient (Wildman–Crippen LogP) is 4.56. The number of rotatable bonds is 8. The van der Waals surface area contributed by atoms with Crippen LogP contribution in [0.15, 0.2) is 30.5 Å². The molecule has 1 saturated carbocycles. The van der Waals surface area contributed by atoms with E-state index in [1.807, 2.05) is 19.1 Å². The fraction of sp³-hybridized carbons (Fsp3) is 0.615. The second-order valence-corrected chi connectivity index (χ2v) is 9.96. The van der Waals surface area contributed by atoms with Crippen LogP contribution in [0, 0.1) is 5.92 Å². The molecule has 1 unspecified atom stereocenters. The van der Waals surface area contributed by atoms with Crippen LogP contribution in [0.25, 0.3) is 0 Å². The van der Waals surface area contributed by atoms with Gasteiger partial charge in [0.15, 0.2) is 0 Å². The van der Waals surface area contributed by atoms with Crippen molar-refractivity contribution in [3.63, 3.8) is 0 Å². The van der Waals surface area contributed by atoms with Crippen LogP contribution in [0.2, 0.25) is 0 Å². The normalized spacial score (nSPS) is 26.5. The zero-order valence-electron chi connectivity index (χ0n) is 19.4. The lowest BCUT2D eigenvalue weighted by molar-refractivity contribution is -0.126. The summed E-state index contributed by atoms with van der Waals surface area (Å²) in [5.41, 5.74) is 3.58. The van der Waals surface area contributed by atoms with E-state index in [9.17, 15) is 18.4 Å². The molecule has 7 heteroatoms. The molecule has 4 atom stereocenters. The van der Waals surface area contributed by atoms with Gasteiger partial charge in [0, 0.05) is 36.3 Å². The van der Waals surface area contributed by atoms with E-state index in [0.29, 0.717) is 49.0 Å². The van der Waals surface area contributed by atoms with Crippen molar-refractivity contribution < 1.29 is 18.4 Å². The third-order valence-corrected chi connectivity index (χ3v) is 7.42. The topological polar surface area (TPSA) is 61.4 Å². The van der Waals surface area contributed by atoms with Crippen molar-refractivity contribution in [2.24, 2.45) is 5.92 Å². The zero-order chi connectivity index (χ0) is 23.5. The molecule has 0 spiro atoms. The van der Waals surface area contributed by atoms with Gasteiger partial charge >= 0.3 is 0 Å². The monoisotopic (exact) mass is 459 g/mol. The van der Waals surface area contributed by atoms with Crippen molar-refractivity contribution in [1.29, 1.82) is 0 Å². The predicted molar refractivity (Wildman–Crippen MR) is 124 cm³/mol. The van der Waals surface area contributed by atoms with Crippen molar-refractivity contribution in [2.45, 2.75) is 95.8 Å². The lowest BCUT2D eigenvalue weighted by Gasteiger charge is -2.35. The van der Waals surface area contributed by atoms with Crippen molar-refractivity contribution in [3.8, 4) is 0 Å². The molecule has 1 aliphatic carbocycles. The average Bonchev–Trinajstić information content (AvgIpc) is 3.09. The van der Waals surface area contributed by atoms with Gasteiger partial charge in [-0.3, -0.25) is 9.59 Å². The number of nitrogens with one attached hydrogen (secondary N) is 2. The Kier molecular flexibility index (Phi) is 7.47. The molecular weight excluding hydrogens is 424 g/mol. The molecule has 5 nitrogen and oxygen atoms in total. The number of alkyl halides is 2. The molecule has 2 N–H and O–H groups in total. The van der Waals surface area contributed by atoms with Gasteiger partial charge in [0.05, 0.1) is 0 Å². The first-order valence-electron chi connectivity index (χ1n) is 12.3. The van der Waals surface area contributed by atoms with Gasteiger partial charge < -0.3 is 15.5 Å². The Morgan fingerprint density at radius 1 is 1.18 bits per heavy atom. The quantitative estimate of drug-likeness (QED) is 0.599. The van der Waals surface area contributed by atoms with Gasteiger partial charge in [-0.1, -0.05) is 31.6 Å². The molecule has 3 aliphatic rings. The number of benzene rings is 1. The van der Waals surface area contributed by atoms with E-state index in [0.717, 1.165) is 24.8 Å². The van der Waals surface area contributed by atoms with Crippen LogP contribution in [0.3, 0.4) is 0 Å². The standard InChI is InChI=1S/C26H35F2N3O2/c1-16(8-12-24(27)28)29-22-6-4-3-5-19(22)13-18-9-10-21-20(14-18)15-31(26(21)33)23-11-7-17(2)30-25(23)32/h9-10,14,16,19,22-24,29H,2-8,11-13,15H2,1H3,(H,30,32)/t16-,19-,22+,23?/m1/s1. The van der Waals surface area contributed by atoms with Crippen LogP contribution < -0.4 is 10.6 Å². The smallest absolute Gasteiger partial charge is 0.255 e. The maximum Gasteiger partial charge on any atom is 0.255 e. The molecule has 180 valence electrons. The maximum atomic E-state index is 13.0. The molecule has 2 aliphatic heterocycles. The molecule has 4 rings (SSSR count). The van der Waals surface area contributed by atoms with Crippen LogP contribution >= 0.6 is 0 Å². The number of piperidine rings is 1. The minimum atomic E-state index is -2.25. The number of hydrogen-bond acceptors (Lipinski definition) is 3. The Balaban J connectivity index is 1.40. The first kappa shape index (κ1) is 23.9. The molecule has 2 heterocycles. The average molecular weight is 460 g/mol. The molecule has 0 radical (unpaired) electrons. The van der Waals surface area contributed by atoms with Gasteiger partial charge in [-0.15, -0.1) is 0 Å². The highest BCUT2D eigenvalue weighted by molar-refractivity contribution is 6.01. The number of amides is 2. The van der Waals surface area contributed by atoms with E-state index >= 15 is 0 Å². The molecule has 1 aromatic rings. The molecular formula is C26H35F2N3O2. The van der Waals surface area contributed by atoms with Gasteiger partial charge in [0.1, 0.15) is 6.04 Å². The van der Waals surface area contributed by atoms with Gasteiger partial charge in [0.25, 0.3) is 5.91 Å². The molecule has 1 saturated heterocycles. The lowest BCUT2D eigenvalue weighted by atomic mass is 9.80. The van der Waals surface area contributed by atoms with Crippen molar-refractivity contribution >= 4 is 11.8 Å².